The second kappa shape index (κ2) is 5.18. The molecule has 2 heterocycles. The summed E-state index contributed by atoms with van der Waals surface area (Å²) in [4.78, 5) is 15.5. The maximum atomic E-state index is 5.76. The number of anilines is 1. The monoisotopic (exact) mass is 335 g/mol. The van der Waals surface area contributed by atoms with Gasteiger partial charge in [0.15, 0.2) is 16.6 Å². The second-order valence-electron chi connectivity index (χ2n) is 3.91. The van der Waals surface area contributed by atoms with Gasteiger partial charge in [-0.2, -0.15) is 0 Å². The van der Waals surface area contributed by atoms with Crippen LogP contribution in [0, 0.1) is 0 Å². The van der Waals surface area contributed by atoms with E-state index in [0.717, 1.165) is 15.4 Å². The molecule has 2 aromatic heterocycles. The Balaban J connectivity index is 1.78. The predicted octanol–water partition coefficient (Wildman–Crippen LogP) is 2.99. The summed E-state index contributed by atoms with van der Waals surface area (Å²) in [6, 6.07) is 8.21. The van der Waals surface area contributed by atoms with Crippen molar-refractivity contribution in [1.82, 2.24) is 19.9 Å². The van der Waals surface area contributed by atoms with Gasteiger partial charge in [0.05, 0.1) is 0 Å². The number of halogens is 1. The zero-order valence-corrected chi connectivity index (χ0v) is 12.2. The van der Waals surface area contributed by atoms with E-state index in [-0.39, 0.29) is 0 Å². The molecule has 0 radical (unpaired) electrons. The molecule has 0 atom stereocenters. The summed E-state index contributed by atoms with van der Waals surface area (Å²) in [5.74, 6) is 1.26. The van der Waals surface area contributed by atoms with E-state index in [1.165, 1.54) is 11.9 Å². The number of rotatable bonds is 3. The third-order valence-corrected chi connectivity index (χ3v) is 4.06. The van der Waals surface area contributed by atoms with E-state index >= 15 is 0 Å². The molecule has 7 heteroatoms. The van der Waals surface area contributed by atoms with Gasteiger partial charge < -0.3 is 10.7 Å². The van der Waals surface area contributed by atoms with Crippen molar-refractivity contribution >= 4 is 44.7 Å². The molecule has 3 rings (SSSR count). The van der Waals surface area contributed by atoms with Crippen molar-refractivity contribution in [3.8, 4) is 0 Å². The lowest BCUT2D eigenvalue weighted by Crippen LogP contribution is -1.91. The van der Waals surface area contributed by atoms with Crippen LogP contribution in [-0.4, -0.2) is 19.9 Å². The number of nitrogen functional groups attached to an aromatic ring is 1. The molecule has 1 aromatic carbocycles. The maximum absolute atomic E-state index is 5.76. The van der Waals surface area contributed by atoms with Crippen LogP contribution < -0.4 is 5.73 Å². The van der Waals surface area contributed by atoms with Crippen molar-refractivity contribution in [1.29, 1.82) is 0 Å². The topological polar surface area (TPSA) is 80.5 Å². The zero-order valence-electron chi connectivity index (χ0n) is 9.80. The van der Waals surface area contributed by atoms with Gasteiger partial charge >= 0.3 is 0 Å². The highest BCUT2D eigenvalue weighted by Crippen LogP contribution is 2.24. The molecule has 0 saturated carbocycles. The predicted molar refractivity (Wildman–Crippen MR) is 79.8 cm³/mol. The van der Waals surface area contributed by atoms with Crippen molar-refractivity contribution in [3.63, 3.8) is 0 Å². The molecule has 3 aromatic rings. The smallest absolute Gasteiger partial charge is 0.183 e. The lowest BCUT2D eigenvalue weighted by atomic mass is 10.2. The van der Waals surface area contributed by atoms with Crippen LogP contribution in [0.5, 0.6) is 0 Å². The average Bonchev–Trinajstić information content (AvgIpc) is 2.83. The van der Waals surface area contributed by atoms with E-state index in [9.17, 15) is 0 Å². The largest absolute Gasteiger partial charge is 0.382 e. The number of hydrogen-bond donors (Lipinski definition) is 2. The van der Waals surface area contributed by atoms with Crippen LogP contribution >= 0.6 is 27.7 Å². The summed E-state index contributed by atoms with van der Waals surface area (Å²) in [5.41, 5.74) is 8.28. The number of hydrogen-bond acceptors (Lipinski definition) is 5. The average molecular weight is 336 g/mol. The molecule has 0 unspecified atom stereocenters. The van der Waals surface area contributed by atoms with Gasteiger partial charge in [-0.1, -0.05) is 39.8 Å². The van der Waals surface area contributed by atoms with Gasteiger partial charge in [-0.15, -0.1) is 0 Å². The first-order valence-corrected chi connectivity index (χ1v) is 7.33. The van der Waals surface area contributed by atoms with Crippen molar-refractivity contribution in [2.24, 2.45) is 0 Å². The number of aromatic nitrogens is 4. The van der Waals surface area contributed by atoms with Crippen LogP contribution in [0.4, 0.5) is 5.82 Å². The Labute approximate surface area is 122 Å². The van der Waals surface area contributed by atoms with Crippen molar-refractivity contribution in [3.05, 3.63) is 40.6 Å². The molecular formula is C12H10BrN5S. The Morgan fingerprint density at radius 2 is 2.00 bits per heavy atom. The Kier molecular flexibility index (Phi) is 3.39. The van der Waals surface area contributed by atoms with E-state index in [1.807, 2.05) is 12.1 Å². The van der Waals surface area contributed by atoms with Gasteiger partial charge in [0.25, 0.3) is 0 Å². The summed E-state index contributed by atoms with van der Waals surface area (Å²) in [6.07, 6.45) is 1.42. The fourth-order valence-corrected chi connectivity index (χ4v) is 2.71. The highest BCUT2D eigenvalue weighted by molar-refractivity contribution is 9.10. The zero-order chi connectivity index (χ0) is 13.2. The number of nitrogens with one attached hydrogen (secondary N) is 1. The van der Waals surface area contributed by atoms with E-state index < -0.39 is 0 Å². The summed E-state index contributed by atoms with van der Waals surface area (Å²) in [5, 5.41) is 0.796. The normalized spacial score (nSPS) is 11.0. The minimum Gasteiger partial charge on any atom is -0.382 e. The van der Waals surface area contributed by atoms with Crippen LogP contribution in [0.25, 0.3) is 11.2 Å². The number of nitrogens with two attached hydrogens (primary N) is 1. The third-order valence-electron chi connectivity index (χ3n) is 2.58. The molecule has 0 bridgehead atoms. The number of aromatic amines is 1. The first-order valence-electron chi connectivity index (χ1n) is 5.56. The molecule has 19 heavy (non-hydrogen) atoms. The Hall–Kier alpha value is -1.60. The molecular weight excluding hydrogens is 326 g/mol. The fourth-order valence-electron chi connectivity index (χ4n) is 1.63. The van der Waals surface area contributed by atoms with Crippen molar-refractivity contribution in [2.75, 3.05) is 5.73 Å². The molecule has 0 spiro atoms. The molecule has 0 aliphatic carbocycles. The van der Waals surface area contributed by atoms with E-state index in [1.54, 1.807) is 11.8 Å². The van der Waals surface area contributed by atoms with Crippen molar-refractivity contribution < 1.29 is 0 Å². The first-order chi connectivity index (χ1) is 9.22. The van der Waals surface area contributed by atoms with E-state index in [4.69, 9.17) is 5.73 Å². The van der Waals surface area contributed by atoms with Crippen molar-refractivity contribution in [2.45, 2.75) is 10.9 Å². The number of fused-ring (bicyclic) bond motifs is 1. The summed E-state index contributed by atoms with van der Waals surface area (Å²) in [6.45, 7) is 0. The van der Waals surface area contributed by atoms with Gasteiger partial charge in [-0.25, -0.2) is 15.0 Å². The highest BCUT2D eigenvalue weighted by Gasteiger charge is 2.07. The minimum atomic E-state index is 0.424. The molecule has 0 aliphatic heterocycles. The lowest BCUT2D eigenvalue weighted by Gasteiger charge is -1.99. The maximum Gasteiger partial charge on any atom is 0.183 e. The minimum absolute atomic E-state index is 0.424. The molecule has 3 N–H and O–H groups in total. The molecule has 0 fully saturated rings. The number of benzene rings is 1. The SMILES string of the molecule is Nc1ncnc2nc(SCc3ccc(Br)cc3)[nH]c12. The van der Waals surface area contributed by atoms with Gasteiger partial charge in [0.2, 0.25) is 0 Å². The molecule has 5 nitrogen and oxygen atoms in total. The fraction of sp³-hybridized carbons (Fsp3) is 0.0833. The second-order valence-corrected chi connectivity index (χ2v) is 5.79. The quantitative estimate of drug-likeness (QED) is 0.719. The molecule has 0 saturated heterocycles. The van der Waals surface area contributed by atoms with Gasteiger partial charge in [0, 0.05) is 10.2 Å². The lowest BCUT2D eigenvalue weighted by molar-refractivity contribution is 1.07. The summed E-state index contributed by atoms with van der Waals surface area (Å²) in [7, 11) is 0. The Bertz CT molecular complexity index is 710. The number of nitrogens with zero attached hydrogens (tertiary/aromatic N) is 3. The number of thioether (sulfide) groups is 1. The Morgan fingerprint density at radius 1 is 1.21 bits per heavy atom. The van der Waals surface area contributed by atoms with Gasteiger partial charge in [-0.05, 0) is 17.7 Å². The Morgan fingerprint density at radius 3 is 2.74 bits per heavy atom. The van der Waals surface area contributed by atoms with Crippen LogP contribution in [0.2, 0.25) is 0 Å². The van der Waals surface area contributed by atoms with Crippen LogP contribution in [0.1, 0.15) is 5.56 Å². The molecule has 96 valence electrons. The number of H-pyrrole nitrogens is 1. The molecule has 0 aliphatic rings. The van der Waals surface area contributed by atoms with Crippen LogP contribution in [0.15, 0.2) is 40.2 Å². The number of imidazole rings is 1. The standard InChI is InChI=1S/C12H10BrN5S/c13-8-3-1-7(2-4-8)5-19-12-17-9-10(14)15-6-16-11(9)18-12/h1-4,6H,5H2,(H3,14,15,16,17,18). The van der Waals surface area contributed by atoms with Gasteiger partial charge in [-0.3, -0.25) is 0 Å². The highest BCUT2D eigenvalue weighted by atomic mass is 79.9. The summed E-state index contributed by atoms with van der Waals surface area (Å²) < 4.78 is 1.08. The van der Waals surface area contributed by atoms with Gasteiger partial charge in [0.1, 0.15) is 11.8 Å². The van der Waals surface area contributed by atoms with E-state index in [2.05, 4.69) is 48.0 Å². The third kappa shape index (κ3) is 2.71. The van der Waals surface area contributed by atoms with Crippen LogP contribution in [0.3, 0.4) is 0 Å². The molecule has 0 amide bonds. The van der Waals surface area contributed by atoms with Crippen LogP contribution in [-0.2, 0) is 5.75 Å². The van der Waals surface area contributed by atoms with E-state index in [0.29, 0.717) is 17.0 Å². The first kappa shape index (κ1) is 12.4. The summed E-state index contributed by atoms with van der Waals surface area (Å²) >= 11 is 5.03.